The number of carbonyl (C=O) groups is 2. The van der Waals surface area contributed by atoms with Crippen LogP contribution in [0.1, 0.15) is 18.4 Å². The molecule has 1 aliphatic rings. The second-order valence-electron chi connectivity index (χ2n) is 6.66. The number of anilines is 1. The van der Waals surface area contributed by atoms with Gasteiger partial charge in [0.05, 0.1) is 33.6 Å². The lowest BCUT2D eigenvalue weighted by atomic mass is 10.1. The van der Waals surface area contributed by atoms with Crippen molar-refractivity contribution in [2.24, 2.45) is 0 Å². The molecule has 1 aliphatic heterocycles. The molecule has 0 unspecified atom stereocenters. The quantitative estimate of drug-likeness (QED) is 0.714. The lowest BCUT2D eigenvalue weighted by molar-refractivity contribution is -0.125. The van der Waals surface area contributed by atoms with Crippen LogP contribution < -0.4 is 29.2 Å². The summed E-state index contributed by atoms with van der Waals surface area (Å²) < 4.78 is 21.5. The first-order chi connectivity index (χ1) is 14.6. The van der Waals surface area contributed by atoms with Crippen LogP contribution in [0, 0.1) is 0 Å². The fourth-order valence-corrected chi connectivity index (χ4v) is 3.30. The first-order valence-electron chi connectivity index (χ1n) is 9.65. The number of nitrogens with zero attached hydrogens (tertiary/aromatic N) is 1. The molecule has 0 atom stereocenters. The van der Waals surface area contributed by atoms with E-state index in [-0.39, 0.29) is 31.2 Å². The smallest absolute Gasteiger partial charge is 0.227 e. The highest BCUT2D eigenvalue weighted by Crippen LogP contribution is 2.34. The summed E-state index contributed by atoms with van der Waals surface area (Å²) in [5, 5.41) is 2.83. The number of fused-ring (bicyclic) bond motifs is 1. The van der Waals surface area contributed by atoms with Crippen LogP contribution in [-0.2, 0) is 16.1 Å². The molecule has 30 heavy (non-hydrogen) atoms. The van der Waals surface area contributed by atoms with E-state index in [4.69, 9.17) is 18.9 Å². The van der Waals surface area contributed by atoms with Crippen molar-refractivity contribution in [1.82, 2.24) is 5.32 Å². The van der Waals surface area contributed by atoms with Gasteiger partial charge in [-0.3, -0.25) is 9.59 Å². The first kappa shape index (κ1) is 21.3. The molecule has 0 aliphatic carbocycles. The largest absolute Gasteiger partial charge is 0.496 e. The van der Waals surface area contributed by atoms with Crippen molar-refractivity contribution < 1.29 is 28.5 Å². The minimum atomic E-state index is -0.221. The zero-order valence-corrected chi connectivity index (χ0v) is 17.4. The Morgan fingerprint density at radius 1 is 1.00 bits per heavy atom. The molecule has 2 aromatic rings. The van der Waals surface area contributed by atoms with Crippen molar-refractivity contribution in [3.63, 3.8) is 0 Å². The third-order valence-electron chi connectivity index (χ3n) is 4.86. The molecule has 2 aromatic carbocycles. The number of nitrogens with one attached hydrogen (secondary N) is 1. The highest BCUT2D eigenvalue weighted by atomic mass is 16.5. The van der Waals surface area contributed by atoms with E-state index in [1.54, 1.807) is 38.4 Å². The van der Waals surface area contributed by atoms with Gasteiger partial charge in [0, 0.05) is 31.0 Å². The molecule has 0 saturated carbocycles. The summed E-state index contributed by atoms with van der Waals surface area (Å²) in [6.07, 6.45) is 0.206. The lowest BCUT2D eigenvalue weighted by Crippen LogP contribution is -2.38. The van der Waals surface area contributed by atoms with Gasteiger partial charge in [0.1, 0.15) is 18.1 Å². The highest BCUT2D eigenvalue weighted by molar-refractivity contribution is 5.97. The van der Waals surface area contributed by atoms with Gasteiger partial charge in [-0.25, -0.2) is 0 Å². The molecule has 0 fully saturated rings. The molecule has 0 spiro atoms. The Morgan fingerprint density at radius 2 is 1.70 bits per heavy atom. The van der Waals surface area contributed by atoms with E-state index < -0.39 is 0 Å². The third kappa shape index (κ3) is 4.76. The minimum absolute atomic E-state index is 0.0912. The van der Waals surface area contributed by atoms with Crippen LogP contribution in [0.15, 0.2) is 36.4 Å². The zero-order valence-electron chi connectivity index (χ0n) is 17.4. The average molecular weight is 414 g/mol. The van der Waals surface area contributed by atoms with Crippen molar-refractivity contribution in [2.45, 2.75) is 19.4 Å². The zero-order chi connectivity index (χ0) is 21.5. The number of methoxy groups -OCH3 is 3. The molecule has 160 valence electrons. The molecule has 1 heterocycles. The Labute approximate surface area is 175 Å². The van der Waals surface area contributed by atoms with Crippen LogP contribution >= 0.6 is 0 Å². The number of amides is 2. The van der Waals surface area contributed by atoms with Gasteiger partial charge >= 0.3 is 0 Å². The number of ether oxygens (including phenoxy) is 4. The lowest BCUT2D eigenvalue weighted by Gasteiger charge is -2.29. The summed E-state index contributed by atoms with van der Waals surface area (Å²) in [7, 11) is 4.64. The molecular formula is C22H26N2O6. The van der Waals surface area contributed by atoms with Gasteiger partial charge in [0.15, 0.2) is 11.5 Å². The number of hydrogen-bond donors (Lipinski definition) is 1. The molecule has 8 nitrogen and oxygen atoms in total. The number of rotatable bonds is 8. The maximum absolute atomic E-state index is 12.6. The van der Waals surface area contributed by atoms with E-state index in [0.717, 1.165) is 11.3 Å². The Hall–Kier alpha value is -3.42. The topological polar surface area (TPSA) is 86.3 Å². The molecule has 0 radical (unpaired) electrons. The van der Waals surface area contributed by atoms with Crippen molar-refractivity contribution >= 4 is 17.5 Å². The summed E-state index contributed by atoms with van der Waals surface area (Å²) in [6.45, 7) is 1.16. The minimum Gasteiger partial charge on any atom is -0.496 e. The fraction of sp³-hybridized carbons (Fsp3) is 0.364. The molecule has 0 aromatic heterocycles. The maximum Gasteiger partial charge on any atom is 0.227 e. The van der Waals surface area contributed by atoms with Crippen molar-refractivity contribution in [2.75, 3.05) is 39.4 Å². The normalized spacial score (nSPS) is 12.4. The van der Waals surface area contributed by atoms with E-state index in [0.29, 0.717) is 36.1 Å². The van der Waals surface area contributed by atoms with Gasteiger partial charge in [-0.2, -0.15) is 0 Å². The standard InChI is InChI=1S/C22H26N2O6/c1-27-18-13-20(29-3)19(28-2)12-15(18)14-23-21(25)8-9-22(26)24-10-11-30-17-7-5-4-6-16(17)24/h4-7,12-13H,8-11,14H2,1-3H3,(H,23,25). The van der Waals surface area contributed by atoms with Gasteiger partial charge in [0.25, 0.3) is 0 Å². The van der Waals surface area contributed by atoms with Gasteiger partial charge in [-0.15, -0.1) is 0 Å². The van der Waals surface area contributed by atoms with E-state index >= 15 is 0 Å². The van der Waals surface area contributed by atoms with Gasteiger partial charge in [-0.05, 0) is 18.2 Å². The Bertz CT molecular complexity index is 914. The predicted octanol–water partition coefficient (Wildman–Crippen LogP) is 2.53. The summed E-state index contributed by atoms with van der Waals surface area (Å²) in [5.74, 6) is 2.02. The van der Waals surface area contributed by atoms with Crippen LogP contribution in [0.3, 0.4) is 0 Å². The second-order valence-corrected chi connectivity index (χ2v) is 6.66. The van der Waals surface area contributed by atoms with Crippen LogP contribution in [0.2, 0.25) is 0 Å². The van der Waals surface area contributed by atoms with Crippen molar-refractivity contribution in [3.05, 3.63) is 42.0 Å². The van der Waals surface area contributed by atoms with Gasteiger partial charge in [-0.1, -0.05) is 12.1 Å². The van der Waals surface area contributed by atoms with Crippen LogP contribution in [-0.4, -0.2) is 46.3 Å². The Morgan fingerprint density at radius 3 is 2.43 bits per heavy atom. The molecular weight excluding hydrogens is 388 g/mol. The monoisotopic (exact) mass is 414 g/mol. The predicted molar refractivity (Wildman–Crippen MR) is 111 cm³/mol. The molecule has 3 rings (SSSR count). The third-order valence-corrected chi connectivity index (χ3v) is 4.86. The molecule has 8 heteroatoms. The van der Waals surface area contributed by atoms with Crippen molar-refractivity contribution in [1.29, 1.82) is 0 Å². The average Bonchev–Trinajstić information content (AvgIpc) is 2.80. The Balaban J connectivity index is 1.56. The second kappa shape index (κ2) is 9.87. The SMILES string of the molecule is COc1cc(OC)c(OC)cc1CNC(=O)CCC(=O)N1CCOc2ccccc21. The molecule has 2 amide bonds. The number of benzene rings is 2. The maximum atomic E-state index is 12.6. The van der Waals surface area contributed by atoms with Crippen LogP contribution in [0.4, 0.5) is 5.69 Å². The fourth-order valence-electron chi connectivity index (χ4n) is 3.30. The summed E-state index contributed by atoms with van der Waals surface area (Å²) >= 11 is 0. The van der Waals surface area contributed by atoms with E-state index in [1.165, 1.54) is 0 Å². The first-order valence-corrected chi connectivity index (χ1v) is 9.65. The summed E-state index contributed by atoms with van der Waals surface area (Å²) in [4.78, 5) is 26.6. The van der Waals surface area contributed by atoms with Crippen molar-refractivity contribution in [3.8, 4) is 23.0 Å². The van der Waals surface area contributed by atoms with E-state index in [2.05, 4.69) is 5.32 Å². The van der Waals surface area contributed by atoms with Gasteiger partial charge in [0.2, 0.25) is 11.8 Å². The highest BCUT2D eigenvalue weighted by Gasteiger charge is 2.23. The van der Waals surface area contributed by atoms with Crippen LogP contribution in [0.25, 0.3) is 0 Å². The van der Waals surface area contributed by atoms with Crippen LogP contribution in [0.5, 0.6) is 23.0 Å². The molecule has 1 N–H and O–H groups in total. The molecule has 0 bridgehead atoms. The van der Waals surface area contributed by atoms with E-state index in [9.17, 15) is 9.59 Å². The number of para-hydroxylation sites is 2. The molecule has 0 saturated heterocycles. The van der Waals surface area contributed by atoms with E-state index in [1.807, 2.05) is 24.3 Å². The Kier molecular flexibility index (Phi) is 7.00. The number of carbonyl (C=O) groups excluding carboxylic acids is 2. The van der Waals surface area contributed by atoms with Gasteiger partial charge < -0.3 is 29.2 Å². The summed E-state index contributed by atoms with van der Waals surface area (Å²) in [6, 6.07) is 10.9. The summed E-state index contributed by atoms with van der Waals surface area (Å²) in [5.41, 5.74) is 1.49. The number of hydrogen-bond acceptors (Lipinski definition) is 6.